The Balaban J connectivity index is 1.10. The summed E-state index contributed by atoms with van der Waals surface area (Å²) in [6.45, 7) is 3.42. The number of rotatable bonds is 8. The van der Waals surface area contributed by atoms with Crippen molar-refractivity contribution in [2.45, 2.75) is 37.2 Å². The summed E-state index contributed by atoms with van der Waals surface area (Å²) in [6.07, 6.45) is 3.18. The van der Waals surface area contributed by atoms with E-state index in [0.29, 0.717) is 35.9 Å². The maximum absolute atomic E-state index is 16.0. The minimum absolute atomic E-state index is 0.00852. The number of amides is 1. The van der Waals surface area contributed by atoms with Gasteiger partial charge in [-0.2, -0.15) is 4.31 Å². The zero-order valence-corrected chi connectivity index (χ0v) is 30.4. The van der Waals surface area contributed by atoms with Crippen molar-refractivity contribution in [3.63, 3.8) is 0 Å². The predicted molar refractivity (Wildman–Crippen MR) is 196 cm³/mol. The van der Waals surface area contributed by atoms with Crippen molar-refractivity contribution in [2.75, 3.05) is 49.2 Å². The minimum atomic E-state index is -3.85. The number of aromatic nitrogens is 1. The number of nitrogens with zero attached hydrogens (tertiary/aromatic N) is 4. The van der Waals surface area contributed by atoms with E-state index in [1.165, 1.54) is 56.9 Å². The van der Waals surface area contributed by atoms with Gasteiger partial charge in [-0.25, -0.2) is 17.2 Å². The minimum Gasteiger partial charge on any atom is -0.486 e. The van der Waals surface area contributed by atoms with Gasteiger partial charge in [0.05, 0.1) is 27.7 Å². The maximum atomic E-state index is 16.0. The Bertz CT molecular complexity index is 2410. The van der Waals surface area contributed by atoms with Crippen molar-refractivity contribution in [3.8, 4) is 11.5 Å². The van der Waals surface area contributed by atoms with Gasteiger partial charge >= 0.3 is 0 Å². The summed E-state index contributed by atoms with van der Waals surface area (Å²) < 4.78 is 71.6. The fourth-order valence-corrected chi connectivity index (χ4v) is 9.21. The van der Waals surface area contributed by atoms with Crippen LogP contribution in [0.2, 0.25) is 5.02 Å². The number of hydrogen-bond donors (Lipinski definition) is 0. The number of carbonyl (C=O) groups excluding carboxylic acids is 1. The molecule has 0 N–H and O–H groups in total. The average molecular weight is 767 g/mol. The predicted octanol–water partition coefficient (Wildman–Crippen LogP) is 6.77. The van der Waals surface area contributed by atoms with Gasteiger partial charge in [0.25, 0.3) is 5.91 Å². The van der Waals surface area contributed by atoms with Crippen LogP contribution in [-0.2, 0) is 16.6 Å². The third kappa shape index (κ3) is 6.31. The van der Waals surface area contributed by atoms with Crippen molar-refractivity contribution < 1.29 is 31.5 Å². The van der Waals surface area contributed by atoms with E-state index in [2.05, 4.69) is 0 Å². The summed E-state index contributed by atoms with van der Waals surface area (Å²) in [5.41, 5.74) is 1.24. The number of fused-ring (bicyclic) bond motifs is 2. The van der Waals surface area contributed by atoms with Crippen molar-refractivity contribution in [1.82, 2.24) is 8.87 Å². The average Bonchev–Trinajstić information content (AvgIpc) is 3.92. The molecular weight excluding hydrogens is 734 g/mol. The number of thiophene rings is 1. The zero-order chi connectivity index (χ0) is 36.3. The Kier molecular flexibility index (Phi) is 8.97. The molecule has 1 saturated carbocycles. The standard InChI is InChI=1S/C37H33ClF2N4O6S2/c1-22-8-15-51-35(22)21-44(24-4-6-29(39)28(38)16-24)37(46)27-20-43(23-2-3-23)31-19-32(30(40)18-26(31)36(27)45)41-9-11-42(12-10-41)52(47,48)25-5-7-33-34(17-25)50-14-13-49-33/h4-8,15-20,23H,2-3,9-14,21H2,1H3. The van der Waals surface area contributed by atoms with Crippen LogP contribution < -0.4 is 24.7 Å². The first kappa shape index (κ1) is 34.6. The number of pyridine rings is 1. The number of piperazine rings is 1. The summed E-state index contributed by atoms with van der Waals surface area (Å²) in [7, 11) is -3.85. The first-order valence-corrected chi connectivity index (χ1v) is 19.5. The van der Waals surface area contributed by atoms with Gasteiger partial charge in [-0.1, -0.05) is 11.6 Å². The fraction of sp³-hybridized carbons (Fsp3) is 0.297. The fourth-order valence-electron chi connectivity index (χ4n) is 6.70. The Morgan fingerprint density at radius 1 is 0.962 bits per heavy atom. The smallest absolute Gasteiger partial charge is 0.264 e. The van der Waals surface area contributed by atoms with Gasteiger partial charge in [0.1, 0.15) is 30.4 Å². The summed E-state index contributed by atoms with van der Waals surface area (Å²) in [4.78, 5) is 32.6. The third-order valence-electron chi connectivity index (χ3n) is 9.73. The number of carbonyl (C=O) groups is 1. The zero-order valence-electron chi connectivity index (χ0n) is 28.0. The van der Waals surface area contributed by atoms with Crippen LogP contribution in [0, 0.1) is 18.6 Å². The lowest BCUT2D eigenvalue weighted by Gasteiger charge is -2.35. The molecule has 2 fully saturated rings. The molecule has 270 valence electrons. The highest BCUT2D eigenvalue weighted by Crippen LogP contribution is 2.39. The van der Waals surface area contributed by atoms with Crippen LogP contribution in [-0.4, -0.2) is 62.6 Å². The second kappa shape index (κ2) is 13.5. The monoisotopic (exact) mass is 766 g/mol. The molecule has 4 heterocycles. The molecule has 3 aromatic carbocycles. The van der Waals surface area contributed by atoms with Crippen molar-refractivity contribution in [1.29, 1.82) is 0 Å². The van der Waals surface area contributed by atoms with E-state index in [1.54, 1.807) is 23.2 Å². The summed E-state index contributed by atoms with van der Waals surface area (Å²) in [5.74, 6) is -1.04. The molecule has 52 heavy (non-hydrogen) atoms. The highest BCUT2D eigenvalue weighted by molar-refractivity contribution is 7.89. The molecular formula is C37H33ClF2N4O6S2. The van der Waals surface area contributed by atoms with Crippen LogP contribution in [0.4, 0.5) is 20.2 Å². The molecule has 3 aliphatic rings. The Morgan fingerprint density at radius 2 is 1.71 bits per heavy atom. The second-order valence-corrected chi connectivity index (χ2v) is 16.4. The summed E-state index contributed by atoms with van der Waals surface area (Å²) >= 11 is 7.58. The van der Waals surface area contributed by atoms with Crippen LogP contribution in [0.3, 0.4) is 0 Å². The number of aryl methyl sites for hydroxylation is 1. The second-order valence-electron chi connectivity index (χ2n) is 13.0. The molecule has 1 saturated heterocycles. The number of hydrogen-bond acceptors (Lipinski definition) is 8. The molecule has 1 aliphatic carbocycles. The molecule has 2 aromatic heterocycles. The van der Waals surface area contributed by atoms with Crippen molar-refractivity contribution in [2.24, 2.45) is 0 Å². The van der Waals surface area contributed by atoms with E-state index in [0.717, 1.165) is 23.3 Å². The van der Waals surface area contributed by atoms with Crippen LogP contribution >= 0.6 is 22.9 Å². The lowest BCUT2D eigenvalue weighted by atomic mass is 10.1. The number of sulfonamides is 1. The highest BCUT2D eigenvalue weighted by Gasteiger charge is 2.33. The Hall–Kier alpha value is -4.50. The van der Waals surface area contributed by atoms with Gasteiger partial charge in [-0.3, -0.25) is 9.59 Å². The van der Waals surface area contributed by atoms with E-state index in [4.69, 9.17) is 21.1 Å². The first-order chi connectivity index (χ1) is 25.0. The molecule has 10 nitrogen and oxygen atoms in total. The SMILES string of the molecule is Cc1ccsc1CN(C(=O)c1cn(C2CC2)c2cc(N3CCN(S(=O)(=O)c4ccc5c(c4)OCCO5)CC3)c(F)cc2c1=O)c1ccc(F)c(Cl)c1. The topological polar surface area (TPSA) is 101 Å². The van der Waals surface area contributed by atoms with E-state index >= 15 is 4.39 Å². The molecule has 0 radical (unpaired) electrons. The molecule has 0 bridgehead atoms. The van der Waals surface area contributed by atoms with Gasteiger partial charge in [-0.05, 0) is 79.2 Å². The van der Waals surface area contributed by atoms with Gasteiger partial charge in [0.15, 0.2) is 11.5 Å². The summed E-state index contributed by atoms with van der Waals surface area (Å²) in [5, 5.41) is 1.80. The van der Waals surface area contributed by atoms with Crippen molar-refractivity contribution >= 4 is 61.1 Å². The number of ether oxygens (including phenoxy) is 2. The molecule has 1 amide bonds. The highest BCUT2D eigenvalue weighted by atomic mass is 35.5. The van der Waals surface area contributed by atoms with E-state index in [-0.39, 0.29) is 65.3 Å². The molecule has 0 spiro atoms. The quantitative estimate of drug-likeness (QED) is 0.172. The molecule has 8 rings (SSSR count). The molecule has 15 heteroatoms. The number of anilines is 2. The normalized spacial score (nSPS) is 16.3. The first-order valence-electron chi connectivity index (χ1n) is 16.8. The summed E-state index contributed by atoms with van der Waals surface area (Å²) in [6, 6.07) is 13.2. The van der Waals surface area contributed by atoms with Gasteiger partial charge in [0, 0.05) is 60.4 Å². The van der Waals surface area contributed by atoms with E-state index in [1.807, 2.05) is 22.9 Å². The number of benzene rings is 3. The Morgan fingerprint density at radius 3 is 2.40 bits per heavy atom. The maximum Gasteiger partial charge on any atom is 0.264 e. The lowest BCUT2D eigenvalue weighted by molar-refractivity contribution is 0.0983. The van der Waals surface area contributed by atoms with Crippen LogP contribution in [0.25, 0.3) is 10.9 Å². The van der Waals surface area contributed by atoms with Gasteiger partial charge < -0.3 is 23.8 Å². The van der Waals surface area contributed by atoms with Crippen molar-refractivity contribution in [3.05, 3.63) is 109 Å². The van der Waals surface area contributed by atoms with E-state index in [9.17, 15) is 22.4 Å². The largest absolute Gasteiger partial charge is 0.486 e. The lowest BCUT2D eigenvalue weighted by Crippen LogP contribution is -2.49. The molecule has 5 aromatic rings. The van der Waals surface area contributed by atoms with Crippen LogP contribution in [0.5, 0.6) is 11.5 Å². The number of halogens is 3. The Labute approximate surface area is 307 Å². The van der Waals surface area contributed by atoms with Crippen LogP contribution in [0.1, 0.15) is 39.7 Å². The molecule has 2 aliphatic heterocycles. The molecule has 0 unspecified atom stereocenters. The van der Waals surface area contributed by atoms with Gasteiger partial charge in [0.2, 0.25) is 15.5 Å². The van der Waals surface area contributed by atoms with Crippen LogP contribution in [0.15, 0.2) is 75.9 Å². The van der Waals surface area contributed by atoms with E-state index < -0.39 is 33.0 Å². The third-order valence-corrected chi connectivity index (χ3v) is 12.9. The molecule has 0 atom stereocenters. The van der Waals surface area contributed by atoms with Gasteiger partial charge in [-0.15, -0.1) is 11.3 Å².